The lowest BCUT2D eigenvalue weighted by atomic mass is 9.91. The number of urea groups is 1. The average Bonchev–Trinajstić information content (AvgIpc) is 2.84. The van der Waals surface area contributed by atoms with Crippen molar-refractivity contribution < 1.29 is 32.7 Å². The van der Waals surface area contributed by atoms with Crippen molar-refractivity contribution in [2.24, 2.45) is 0 Å². The summed E-state index contributed by atoms with van der Waals surface area (Å²) in [5.41, 5.74) is -2.16. The van der Waals surface area contributed by atoms with Gasteiger partial charge in [-0.05, 0) is 31.5 Å². The summed E-state index contributed by atoms with van der Waals surface area (Å²) in [6.07, 6.45) is 0.432. The number of rotatable bonds is 7. The zero-order valence-electron chi connectivity index (χ0n) is 14.8. The maximum Gasteiger partial charge on any atom is 0.325 e. The molecule has 146 valence electrons. The first-order valence-electron chi connectivity index (χ1n) is 8.12. The monoisotopic (exact) mass is 383 g/mol. The van der Waals surface area contributed by atoms with Gasteiger partial charge >= 0.3 is 12.0 Å². The molecule has 0 saturated carbocycles. The first-order valence-corrected chi connectivity index (χ1v) is 8.12. The Morgan fingerprint density at radius 1 is 1.30 bits per heavy atom. The molecule has 2 rings (SSSR count). The lowest BCUT2D eigenvalue weighted by molar-refractivity contribution is -0.140. The molecule has 0 radical (unpaired) electrons. The smallest absolute Gasteiger partial charge is 0.325 e. The van der Waals surface area contributed by atoms with E-state index in [0.29, 0.717) is 11.3 Å². The maximum atomic E-state index is 14.1. The molecule has 1 aliphatic rings. The molecule has 1 unspecified atom stereocenters. The fraction of sp³-hybridized carbons (Fsp3) is 0.412. The van der Waals surface area contributed by atoms with Crippen molar-refractivity contribution in [2.45, 2.75) is 25.3 Å². The van der Waals surface area contributed by atoms with Gasteiger partial charge in [-0.2, -0.15) is 0 Å². The number of methoxy groups -OCH3 is 1. The van der Waals surface area contributed by atoms with E-state index in [0.717, 1.165) is 18.2 Å². The molecule has 0 aromatic heterocycles. The number of hydrogen-bond donors (Lipinski definition) is 2. The molecule has 1 aromatic rings. The lowest BCUT2D eigenvalue weighted by Crippen LogP contribution is -2.43. The van der Waals surface area contributed by atoms with Gasteiger partial charge in [0.25, 0.3) is 5.91 Å². The highest BCUT2D eigenvalue weighted by Crippen LogP contribution is 2.31. The first kappa shape index (κ1) is 20.3. The number of ether oxygens (including phenoxy) is 1. The van der Waals surface area contributed by atoms with Crippen molar-refractivity contribution in [1.82, 2.24) is 15.5 Å². The SMILES string of the molecule is COC(=O)CCCNC(=O)CN1C(=O)NC(C)(c2cc(F)ccc2F)C1=O. The number of carbonyl (C=O) groups excluding carboxylic acids is 4. The van der Waals surface area contributed by atoms with Crippen molar-refractivity contribution in [2.75, 3.05) is 20.2 Å². The van der Waals surface area contributed by atoms with Crippen LogP contribution >= 0.6 is 0 Å². The standard InChI is InChI=1S/C17H19F2N3O5/c1-17(11-8-10(18)5-6-12(11)19)15(25)22(16(26)21-17)9-13(23)20-7-3-4-14(24)27-2/h5-6,8H,3-4,7,9H2,1-2H3,(H,20,23)(H,21,26). The number of benzene rings is 1. The van der Waals surface area contributed by atoms with Crippen LogP contribution in [-0.4, -0.2) is 48.9 Å². The van der Waals surface area contributed by atoms with Crippen LogP contribution in [-0.2, 0) is 24.7 Å². The molecule has 1 fully saturated rings. The second kappa shape index (κ2) is 8.11. The molecule has 1 atom stereocenters. The summed E-state index contributed by atoms with van der Waals surface area (Å²) in [5, 5.41) is 4.76. The summed E-state index contributed by atoms with van der Waals surface area (Å²) in [7, 11) is 1.25. The Kier molecular flexibility index (Phi) is 6.09. The highest BCUT2D eigenvalue weighted by Gasteiger charge is 2.50. The van der Waals surface area contributed by atoms with Gasteiger partial charge in [0.05, 0.1) is 7.11 Å². The normalized spacial score (nSPS) is 19.0. The molecule has 0 aliphatic carbocycles. The highest BCUT2D eigenvalue weighted by molar-refractivity contribution is 6.09. The van der Waals surface area contributed by atoms with Crippen LogP contribution < -0.4 is 10.6 Å². The molecule has 1 aliphatic heterocycles. The molecule has 1 aromatic carbocycles. The summed E-state index contributed by atoms with van der Waals surface area (Å²) in [6, 6.07) is 1.68. The first-order chi connectivity index (χ1) is 12.7. The number of nitrogens with one attached hydrogen (secondary N) is 2. The Morgan fingerprint density at radius 2 is 2.00 bits per heavy atom. The van der Waals surface area contributed by atoms with Gasteiger partial charge in [0.15, 0.2) is 0 Å². The van der Waals surface area contributed by atoms with Gasteiger partial charge < -0.3 is 15.4 Å². The van der Waals surface area contributed by atoms with Crippen molar-refractivity contribution in [3.63, 3.8) is 0 Å². The number of amides is 4. The minimum absolute atomic E-state index is 0.108. The van der Waals surface area contributed by atoms with E-state index in [1.54, 1.807) is 0 Å². The van der Waals surface area contributed by atoms with Crippen LogP contribution in [0.2, 0.25) is 0 Å². The molecule has 27 heavy (non-hydrogen) atoms. The minimum Gasteiger partial charge on any atom is -0.469 e. The Labute approximate surface area is 153 Å². The van der Waals surface area contributed by atoms with E-state index in [-0.39, 0.29) is 18.5 Å². The van der Waals surface area contributed by atoms with Crippen LogP contribution in [0.15, 0.2) is 18.2 Å². The van der Waals surface area contributed by atoms with Gasteiger partial charge in [0.1, 0.15) is 23.7 Å². The number of hydrogen-bond acceptors (Lipinski definition) is 5. The summed E-state index contributed by atoms with van der Waals surface area (Å²) in [4.78, 5) is 48.3. The highest BCUT2D eigenvalue weighted by atomic mass is 19.1. The largest absolute Gasteiger partial charge is 0.469 e. The van der Waals surface area contributed by atoms with Gasteiger partial charge in [-0.1, -0.05) is 0 Å². The zero-order chi connectivity index (χ0) is 20.2. The summed E-state index contributed by atoms with van der Waals surface area (Å²) >= 11 is 0. The third-order valence-corrected chi connectivity index (χ3v) is 4.15. The number of nitrogens with zero attached hydrogens (tertiary/aromatic N) is 1. The molecule has 0 bridgehead atoms. The number of esters is 1. The Balaban J connectivity index is 2.02. The predicted octanol–water partition coefficient (Wildman–Crippen LogP) is 0.801. The molecule has 8 nitrogen and oxygen atoms in total. The molecule has 1 saturated heterocycles. The fourth-order valence-corrected chi connectivity index (χ4v) is 2.67. The molecule has 0 spiro atoms. The number of imide groups is 1. The van der Waals surface area contributed by atoms with Gasteiger partial charge in [0, 0.05) is 18.5 Å². The Morgan fingerprint density at radius 3 is 2.67 bits per heavy atom. The summed E-state index contributed by atoms with van der Waals surface area (Å²) < 4.78 is 32.0. The van der Waals surface area contributed by atoms with Gasteiger partial charge in [-0.3, -0.25) is 19.3 Å². The molecule has 1 heterocycles. The van der Waals surface area contributed by atoms with E-state index in [9.17, 15) is 28.0 Å². The topological polar surface area (TPSA) is 105 Å². The van der Waals surface area contributed by atoms with Gasteiger partial charge in [-0.25, -0.2) is 13.6 Å². The van der Waals surface area contributed by atoms with Crippen LogP contribution in [0.5, 0.6) is 0 Å². The van der Waals surface area contributed by atoms with Crippen molar-refractivity contribution in [1.29, 1.82) is 0 Å². The second-order valence-electron chi connectivity index (χ2n) is 6.10. The zero-order valence-corrected chi connectivity index (χ0v) is 14.8. The Hall–Kier alpha value is -3.04. The molecule has 4 amide bonds. The third kappa shape index (κ3) is 4.39. The van der Waals surface area contributed by atoms with Crippen LogP contribution in [0.4, 0.5) is 13.6 Å². The van der Waals surface area contributed by atoms with Crippen LogP contribution in [0.1, 0.15) is 25.3 Å². The van der Waals surface area contributed by atoms with Crippen molar-refractivity contribution in [3.8, 4) is 0 Å². The molecular formula is C17H19F2N3O5. The predicted molar refractivity (Wildman–Crippen MR) is 88.2 cm³/mol. The lowest BCUT2D eigenvalue weighted by Gasteiger charge is -2.22. The number of halogens is 2. The maximum absolute atomic E-state index is 14.1. The van der Waals surface area contributed by atoms with Gasteiger partial charge in [0.2, 0.25) is 5.91 Å². The van der Waals surface area contributed by atoms with Crippen LogP contribution in [0.3, 0.4) is 0 Å². The summed E-state index contributed by atoms with van der Waals surface area (Å²) in [5.74, 6) is -3.56. The molecule has 10 heteroatoms. The molecular weight excluding hydrogens is 364 g/mol. The molecule has 2 N–H and O–H groups in total. The third-order valence-electron chi connectivity index (χ3n) is 4.15. The van der Waals surface area contributed by atoms with Crippen LogP contribution in [0, 0.1) is 11.6 Å². The van der Waals surface area contributed by atoms with E-state index >= 15 is 0 Å². The fourth-order valence-electron chi connectivity index (χ4n) is 2.67. The van der Waals surface area contributed by atoms with E-state index in [1.165, 1.54) is 14.0 Å². The van der Waals surface area contributed by atoms with Crippen molar-refractivity contribution in [3.05, 3.63) is 35.4 Å². The minimum atomic E-state index is -1.82. The van der Waals surface area contributed by atoms with E-state index < -0.39 is 47.5 Å². The van der Waals surface area contributed by atoms with Crippen molar-refractivity contribution >= 4 is 23.8 Å². The van der Waals surface area contributed by atoms with E-state index in [1.807, 2.05) is 0 Å². The second-order valence-corrected chi connectivity index (χ2v) is 6.10. The average molecular weight is 383 g/mol. The van der Waals surface area contributed by atoms with E-state index in [2.05, 4.69) is 15.4 Å². The van der Waals surface area contributed by atoms with E-state index in [4.69, 9.17) is 0 Å². The number of carbonyl (C=O) groups is 4. The Bertz CT molecular complexity index is 786. The summed E-state index contributed by atoms with van der Waals surface area (Å²) in [6.45, 7) is 0.794. The van der Waals surface area contributed by atoms with Crippen LogP contribution in [0.25, 0.3) is 0 Å². The quantitative estimate of drug-likeness (QED) is 0.412. The van der Waals surface area contributed by atoms with Gasteiger partial charge in [-0.15, -0.1) is 0 Å².